The Balaban J connectivity index is 1.69. The number of rotatable bonds is 3. The maximum Gasteiger partial charge on any atom is 0.278 e. The molecule has 1 aromatic heterocycles. The average molecular weight is 322 g/mol. The molecule has 1 aromatic carbocycles. The molecule has 0 spiro atoms. The first kappa shape index (κ1) is 15.0. The normalized spacial score (nSPS) is 19.6. The number of fused-ring (bicyclic) bond motifs is 3. The molecule has 0 aliphatic carbocycles. The monoisotopic (exact) mass is 322 g/mol. The van der Waals surface area contributed by atoms with Gasteiger partial charge in [0.25, 0.3) is 5.91 Å². The molecule has 5 heteroatoms. The first-order chi connectivity index (χ1) is 11.5. The van der Waals surface area contributed by atoms with Crippen molar-refractivity contribution >= 4 is 17.6 Å². The second kappa shape index (κ2) is 5.51. The molecule has 0 unspecified atom stereocenters. The van der Waals surface area contributed by atoms with E-state index in [1.165, 1.54) is 5.56 Å². The second-order valence-corrected chi connectivity index (χ2v) is 6.93. The number of nitrogens with zero attached hydrogens (tertiary/aromatic N) is 3. The molecule has 0 radical (unpaired) electrons. The molecule has 0 bridgehead atoms. The van der Waals surface area contributed by atoms with Crippen molar-refractivity contribution in [3.05, 3.63) is 53.3 Å². The average Bonchev–Trinajstić information content (AvgIpc) is 3.18. The lowest BCUT2D eigenvalue weighted by Gasteiger charge is -2.31. The molecule has 3 heterocycles. The summed E-state index contributed by atoms with van der Waals surface area (Å²) in [6.45, 7) is 5.18. The smallest absolute Gasteiger partial charge is 0.278 e. The van der Waals surface area contributed by atoms with Crippen LogP contribution in [0.5, 0.6) is 0 Å². The zero-order valence-electron chi connectivity index (χ0n) is 14.3. The van der Waals surface area contributed by atoms with Gasteiger partial charge in [0.2, 0.25) is 5.96 Å². The number of amides is 1. The van der Waals surface area contributed by atoms with Crippen molar-refractivity contribution in [1.29, 1.82) is 0 Å². The van der Waals surface area contributed by atoms with E-state index < -0.39 is 0 Å². The van der Waals surface area contributed by atoms with E-state index in [-0.39, 0.29) is 11.9 Å². The molecule has 5 nitrogen and oxygen atoms in total. The minimum absolute atomic E-state index is 0.0104. The van der Waals surface area contributed by atoms with Crippen molar-refractivity contribution < 1.29 is 4.79 Å². The van der Waals surface area contributed by atoms with Crippen LogP contribution in [0.2, 0.25) is 0 Å². The number of aromatic nitrogens is 1. The van der Waals surface area contributed by atoms with Gasteiger partial charge in [0.05, 0.1) is 11.7 Å². The van der Waals surface area contributed by atoms with Crippen molar-refractivity contribution in [1.82, 2.24) is 9.88 Å². The number of hydrogen-bond acceptors (Lipinski definition) is 3. The van der Waals surface area contributed by atoms with Gasteiger partial charge in [-0.15, -0.1) is 0 Å². The summed E-state index contributed by atoms with van der Waals surface area (Å²) < 4.78 is 0. The molecule has 0 fully saturated rings. The van der Waals surface area contributed by atoms with E-state index in [4.69, 9.17) is 4.99 Å². The van der Waals surface area contributed by atoms with Gasteiger partial charge >= 0.3 is 0 Å². The number of carbonyl (C=O) groups excluding carboxylic acids is 1. The Kier molecular flexibility index (Phi) is 3.44. The quantitative estimate of drug-likeness (QED) is 0.944. The molecule has 0 saturated carbocycles. The largest absolute Gasteiger partial charge is 0.352 e. The van der Waals surface area contributed by atoms with Gasteiger partial charge in [-0.25, -0.2) is 4.99 Å². The molecule has 4 rings (SSSR count). The number of guanidine groups is 1. The predicted molar refractivity (Wildman–Crippen MR) is 95.5 cm³/mol. The Morgan fingerprint density at radius 2 is 2.04 bits per heavy atom. The zero-order chi connectivity index (χ0) is 16.8. The fourth-order valence-corrected chi connectivity index (χ4v) is 3.40. The molecule has 1 N–H and O–H groups in total. The molecule has 1 amide bonds. The van der Waals surface area contributed by atoms with Gasteiger partial charge < -0.3 is 9.88 Å². The Bertz CT molecular complexity index is 806. The third kappa shape index (κ3) is 2.31. The second-order valence-electron chi connectivity index (χ2n) is 6.93. The van der Waals surface area contributed by atoms with Gasteiger partial charge in [0.1, 0.15) is 5.69 Å². The number of carbonyl (C=O) groups is 1. The highest BCUT2D eigenvalue weighted by Crippen LogP contribution is 2.33. The Labute approximate surface area is 142 Å². The molecule has 0 saturated heterocycles. The fourth-order valence-electron chi connectivity index (χ4n) is 3.40. The minimum atomic E-state index is -0.0104. The third-order valence-corrected chi connectivity index (χ3v) is 4.86. The molecule has 24 heavy (non-hydrogen) atoms. The zero-order valence-corrected chi connectivity index (χ0v) is 14.3. The summed E-state index contributed by atoms with van der Waals surface area (Å²) in [5.74, 6) is 1.22. The lowest BCUT2D eigenvalue weighted by atomic mass is 10.1. The first-order valence-corrected chi connectivity index (χ1v) is 8.44. The van der Waals surface area contributed by atoms with Gasteiger partial charge in [-0.3, -0.25) is 9.69 Å². The van der Waals surface area contributed by atoms with Crippen molar-refractivity contribution in [3.8, 4) is 0 Å². The SMILES string of the molecule is CC(C)[C@@H]1CN2C(=N1)N(C)C(=O)c1[nH]c(Cc3ccccc3)cc12. The van der Waals surface area contributed by atoms with Crippen LogP contribution in [0.4, 0.5) is 5.69 Å². The third-order valence-electron chi connectivity index (χ3n) is 4.86. The number of hydrogen-bond donors (Lipinski definition) is 1. The van der Waals surface area contributed by atoms with E-state index in [1.807, 2.05) is 18.2 Å². The molecule has 2 aliphatic rings. The van der Waals surface area contributed by atoms with Crippen molar-refractivity contribution in [2.24, 2.45) is 10.9 Å². The van der Waals surface area contributed by atoms with Crippen LogP contribution in [0.3, 0.4) is 0 Å². The summed E-state index contributed by atoms with van der Waals surface area (Å²) in [6, 6.07) is 12.6. The molecular formula is C19H22N4O. The van der Waals surface area contributed by atoms with Gasteiger partial charge in [0.15, 0.2) is 0 Å². The van der Waals surface area contributed by atoms with Crippen LogP contribution < -0.4 is 4.90 Å². The summed E-state index contributed by atoms with van der Waals surface area (Å²) in [6.07, 6.45) is 0.790. The molecule has 1 atom stereocenters. The van der Waals surface area contributed by atoms with Crippen molar-refractivity contribution in [3.63, 3.8) is 0 Å². The maximum absolute atomic E-state index is 12.7. The molecule has 124 valence electrons. The summed E-state index contributed by atoms with van der Waals surface area (Å²) in [5.41, 5.74) is 3.92. The van der Waals surface area contributed by atoms with Crippen LogP contribution in [0, 0.1) is 5.92 Å². The van der Waals surface area contributed by atoms with E-state index in [2.05, 4.69) is 41.9 Å². The summed E-state index contributed by atoms with van der Waals surface area (Å²) >= 11 is 0. The lowest BCUT2D eigenvalue weighted by Crippen LogP contribution is -2.48. The minimum Gasteiger partial charge on any atom is -0.352 e. The van der Waals surface area contributed by atoms with Crippen LogP contribution in [0.15, 0.2) is 41.4 Å². The van der Waals surface area contributed by atoms with Gasteiger partial charge in [-0.05, 0) is 17.5 Å². The first-order valence-electron chi connectivity index (χ1n) is 8.44. The molecule has 2 aromatic rings. The van der Waals surface area contributed by atoms with E-state index in [0.717, 1.165) is 30.3 Å². The highest BCUT2D eigenvalue weighted by atomic mass is 16.2. The van der Waals surface area contributed by atoms with Gasteiger partial charge in [-0.2, -0.15) is 0 Å². The highest BCUT2D eigenvalue weighted by molar-refractivity contribution is 6.18. The lowest BCUT2D eigenvalue weighted by molar-refractivity contribution is 0.0860. The highest BCUT2D eigenvalue weighted by Gasteiger charge is 2.40. The number of H-pyrrole nitrogens is 1. The number of anilines is 1. The predicted octanol–water partition coefficient (Wildman–Crippen LogP) is 2.89. The van der Waals surface area contributed by atoms with Gasteiger partial charge in [0, 0.05) is 25.7 Å². The summed E-state index contributed by atoms with van der Waals surface area (Å²) in [7, 11) is 1.80. The fraction of sp³-hybridized carbons (Fsp3) is 0.368. The number of aliphatic imine (C=N–C) groups is 1. The summed E-state index contributed by atoms with van der Waals surface area (Å²) in [4.78, 5) is 24.6. The number of benzene rings is 1. The van der Waals surface area contributed by atoms with Crippen LogP contribution in [0.25, 0.3) is 0 Å². The van der Waals surface area contributed by atoms with Crippen LogP contribution in [-0.4, -0.2) is 41.4 Å². The van der Waals surface area contributed by atoms with Crippen LogP contribution in [0.1, 0.15) is 35.6 Å². The number of nitrogens with one attached hydrogen (secondary N) is 1. The van der Waals surface area contributed by atoms with E-state index >= 15 is 0 Å². The Morgan fingerprint density at radius 1 is 1.29 bits per heavy atom. The van der Waals surface area contributed by atoms with Crippen LogP contribution >= 0.6 is 0 Å². The Hall–Kier alpha value is -2.56. The molecule has 2 aliphatic heterocycles. The Morgan fingerprint density at radius 3 is 2.75 bits per heavy atom. The maximum atomic E-state index is 12.7. The van der Waals surface area contributed by atoms with Crippen molar-refractivity contribution in [2.45, 2.75) is 26.3 Å². The van der Waals surface area contributed by atoms with Gasteiger partial charge in [-0.1, -0.05) is 44.2 Å². The summed E-state index contributed by atoms with van der Waals surface area (Å²) in [5, 5.41) is 0. The van der Waals surface area contributed by atoms with E-state index in [0.29, 0.717) is 11.6 Å². The number of aromatic amines is 1. The van der Waals surface area contributed by atoms with E-state index in [1.54, 1.807) is 11.9 Å². The molecular weight excluding hydrogens is 300 g/mol. The topological polar surface area (TPSA) is 51.7 Å². The van der Waals surface area contributed by atoms with Crippen molar-refractivity contribution in [2.75, 3.05) is 18.5 Å². The van der Waals surface area contributed by atoms with Crippen LogP contribution in [-0.2, 0) is 6.42 Å². The standard InChI is InChI=1S/C19H22N4O/c1-12(2)15-11-23-16-10-14(9-13-7-5-4-6-8-13)20-17(16)18(24)22(3)19(23)21-15/h4-8,10,12,15,20H,9,11H2,1-3H3/t15-/m0/s1. The van der Waals surface area contributed by atoms with E-state index in [9.17, 15) is 4.79 Å².